The van der Waals surface area contributed by atoms with E-state index in [2.05, 4.69) is 12.1 Å². The molecule has 0 atom stereocenters. The second-order valence-electron chi connectivity index (χ2n) is 5.70. The lowest BCUT2D eigenvalue weighted by Crippen LogP contribution is -2.30. The van der Waals surface area contributed by atoms with E-state index < -0.39 is 0 Å². The highest BCUT2D eigenvalue weighted by atomic mass is 16.2. The Labute approximate surface area is 122 Å². The maximum absolute atomic E-state index is 12.5. The van der Waals surface area contributed by atoms with E-state index >= 15 is 0 Å². The van der Waals surface area contributed by atoms with Gasteiger partial charge in [-0.25, -0.2) is 0 Å². The Balaban J connectivity index is 2.25. The number of benzene rings is 1. The minimum atomic E-state index is 0.0966. The third-order valence-electron chi connectivity index (χ3n) is 4.35. The van der Waals surface area contributed by atoms with Gasteiger partial charge in [-0.15, -0.1) is 0 Å². The lowest BCUT2D eigenvalue weighted by molar-refractivity contribution is 0.0773. The van der Waals surface area contributed by atoms with Crippen molar-refractivity contribution in [2.24, 2.45) is 0 Å². The first-order valence-corrected chi connectivity index (χ1v) is 7.85. The Morgan fingerprint density at radius 2 is 1.80 bits per heavy atom. The van der Waals surface area contributed by atoms with Crippen LogP contribution >= 0.6 is 0 Å². The summed E-state index contributed by atoms with van der Waals surface area (Å²) in [5.41, 5.74) is 8.72. The van der Waals surface area contributed by atoms with Crippen molar-refractivity contribution in [3.8, 4) is 0 Å². The highest BCUT2D eigenvalue weighted by Gasteiger charge is 2.19. The van der Waals surface area contributed by atoms with Crippen LogP contribution < -0.4 is 5.73 Å². The summed E-state index contributed by atoms with van der Waals surface area (Å²) in [6, 6.07) is 5.93. The Hall–Kier alpha value is -1.51. The lowest BCUT2D eigenvalue weighted by atomic mass is 9.83. The standard InChI is InChI=1S/C17H26N2O/c1-3-19(4-2)17(20)15-10-14(11-16(18)12-15)13-8-6-5-7-9-13/h10-13H,3-9,18H2,1-2H3. The van der Waals surface area contributed by atoms with Gasteiger partial charge in [-0.1, -0.05) is 19.3 Å². The average molecular weight is 274 g/mol. The zero-order valence-electron chi connectivity index (χ0n) is 12.7. The smallest absolute Gasteiger partial charge is 0.253 e. The first kappa shape index (κ1) is 14.9. The summed E-state index contributed by atoms with van der Waals surface area (Å²) in [5.74, 6) is 0.676. The number of carbonyl (C=O) groups is 1. The zero-order chi connectivity index (χ0) is 14.5. The minimum absolute atomic E-state index is 0.0966. The monoisotopic (exact) mass is 274 g/mol. The van der Waals surface area contributed by atoms with E-state index in [1.807, 2.05) is 24.8 Å². The third-order valence-corrected chi connectivity index (χ3v) is 4.35. The molecule has 2 rings (SSSR count). The predicted octanol–water partition coefficient (Wildman–Crippen LogP) is 3.80. The van der Waals surface area contributed by atoms with Crippen molar-refractivity contribution in [1.29, 1.82) is 0 Å². The number of amides is 1. The van der Waals surface area contributed by atoms with Crippen molar-refractivity contribution in [2.45, 2.75) is 51.9 Å². The highest BCUT2D eigenvalue weighted by Crippen LogP contribution is 2.34. The van der Waals surface area contributed by atoms with Gasteiger partial charge in [0.1, 0.15) is 0 Å². The van der Waals surface area contributed by atoms with Crippen LogP contribution in [-0.2, 0) is 0 Å². The molecular formula is C17H26N2O. The van der Waals surface area contributed by atoms with E-state index in [1.54, 1.807) is 0 Å². The maximum Gasteiger partial charge on any atom is 0.253 e. The van der Waals surface area contributed by atoms with Crippen LogP contribution in [0.15, 0.2) is 18.2 Å². The van der Waals surface area contributed by atoms with E-state index in [-0.39, 0.29) is 5.91 Å². The normalized spacial score (nSPS) is 16.1. The Bertz CT molecular complexity index is 460. The molecule has 0 radical (unpaired) electrons. The summed E-state index contributed by atoms with van der Waals surface area (Å²) < 4.78 is 0. The molecule has 3 heteroatoms. The molecule has 1 amide bonds. The molecule has 20 heavy (non-hydrogen) atoms. The molecule has 0 spiro atoms. The topological polar surface area (TPSA) is 46.3 Å². The second kappa shape index (κ2) is 6.78. The molecule has 0 unspecified atom stereocenters. The summed E-state index contributed by atoms with van der Waals surface area (Å²) >= 11 is 0. The van der Waals surface area contributed by atoms with Crippen molar-refractivity contribution in [1.82, 2.24) is 4.90 Å². The van der Waals surface area contributed by atoms with Gasteiger partial charge in [0.05, 0.1) is 0 Å². The fourth-order valence-electron chi connectivity index (χ4n) is 3.17. The number of nitrogens with two attached hydrogens (primary N) is 1. The largest absolute Gasteiger partial charge is 0.399 e. The fraction of sp³-hybridized carbons (Fsp3) is 0.588. The molecule has 2 N–H and O–H groups in total. The first-order chi connectivity index (χ1) is 9.65. The molecule has 1 aliphatic carbocycles. The van der Waals surface area contributed by atoms with Gasteiger partial charge in [-0.3, -0.25) is 4.79 Å². The number of nitrogens with zero attached hydrogens (tertiary/aromatic N) is 1. The number of nitrogen functional groups attached to an aromatic ring is 1. The van der Waals surface area contributed by atoms with Gasteiger partial charge in [0.15, 0.2) is 0 Å². The molecule has 0 heterocycles. The van der Waals surface area contributed by atoms with Crippen LogP contribution in [0.1, 0.15) is 67.8 Å². The van der Waals surface area contributed by atoms with Gasteiger partial charge in [-0.05, 0) is 56.4 Å². The summed E-state index contributed by atoms with van der Waals surface area (Å²) in [6.07, 6.45) is 6.37. The number of anilines is 1. The molecule has 1 aromatic carbocycles. The van der Waals surface area contributed by atoms with Gasteiger partial charge < -0.3 is 10.6 Å². The second-order valence-corrected chi connectivity index (χ2v) is 5.70. The van der Waals surface area contributed by atoms with Crippen molar-refractivity contribution < 1.29 is 4.79 Å². The van der Waals surface area contributed by atoms with Gasteiger partial charge in [0.25, 0.3) is 5.91 Å². The molecule has 1 saturated carbocycles. The van der Waals surface area contributed by atoms with Crippen LogP contribution in [-0.4, -0.2) is 23.9 Å². The Morgan fingerprint density at radius 1 is 1.15 bits per heavy atom. The van der Waals surface area contributed by atoms with Crippen LogP contribution in [0.2, 0.25) is 0 Å². The quantitative estimate of drug-likeness (QED) is 0.849. The number of hydrogen-bond acceptors (Lipinski definition) is 2. The van der Waals surface area contributed by atoms with E-state index in [4.69, 9.17) is 5.73 Å². The highest BCUT2D eigenvalue weighted by molar-refractivity contribution is 5.95. The van der Waals surface area contributed by atoms with Crippen molar-refractivity contribution in [2.75, 3.05) is 18.8 Å². The van der Waals surface area contributed by atoms with E-state index in [1.165, 1.54) is 37.7 Å². The van der Waals surface area contributed by atoms with Crippen molar-refractivity contribution >= 4 is 11.6 Å². The summed E-state index contributed by atoms with van der Waals surface area (Å²) in [6.45, 7) is 5.50. The van der Waals surface area contributed by atoms with Crippen LogP contribution in [0.4, 0.5) is 5.69 Å². The molecule has 0 aliphatic heterocycles. The zero-order valence-corrected chi connectivity index (χ0v) is 12.7. The number of hydrogen-bond donors (Lipinski definition) is 1. The van der Waals surface area contributed by atoms with Crippen molar-refractivity contribution in [3.63, 3.8) is 0 Å². The van der Waals surface area contributed by atoms with Crippen LogP contribution in [0, 0.1) is 0 Å². The molecular weight excluding hydrogens is 248 g/mol. The lowest BCUT2D eigenvalue weighted by Gasteiger charge is -2.24. The van der Waals surface area contributed by atoms with Gasteiger partial charge in [-0.2, -0.15) is 0 Å². The van der Waals surface area contributed by atoms with E-state index in [0.717, 1.165) is 18.7 Å². The minimum Gasteiger partial charge on any atom is -0.399 e. The van der Waals surface area contributed by atoms with E-state index in [9.17, 15) is 4.79 Å². The third kappa shape index (κ3) is 3.33. The van der Waals surface area contributed by atoms with Gasteiger partial charge in [0, 0.05) is 24.3 Å². The molecule has 1 fully saturated rings. The maximum atomic E-state index is 12.5. The Kier molecular flexibility index (Phi) is 5.05. The molecule has 3 nitrogen and oxygen atoms in total. The molecule has 110 valence electrons. The molecule has 0 bridgehead atoms. The van der Waals surface area contributed by atoms with Gasteiger partial charge >= 0.3 is 0 Å². The SMILES string of the molecule is CCN(CC)C(=O)c1cc(N)cc(C2CCCCC2)c1. The fourth-order valence-corrected chi connectivity index (χ4v) is 3.17. The molecule has 1 aliphatic rings. The molecule has 0 saturated heterocycles. The summed E-state index contributed by atoms with van der Waals surface area (Å²) in [7, 11) is 0. The first-order valence-electron chi connectivity index (χ1n) is 7.85. The predicted molar refractivity (Wildman–Crippen MR) is 83.9 cm³/mol. The molecule has 1 aromatic rings. The van der Waals surface area contributed by atoms with Crippen molar-refractivity contribution in [3.05, 3.63) is 29.3 Å². The Morgan fingerprint density at radius 3 is 2.40 bits per heavy atom. The summed E-state index contributed by atoms with van der Waals surface area (Å²) in [5, 5.41) is 0. The van der Waals surface area contributed by atoms with Gasteiger partial charge in [0.2, 0.25) is 0 Å². The number of carbonyl (C=O) groups excluding carboxylic acids is 1. The van der Waals surface area contributed by atoms with Crippen LogP contribution in [0.25, 0.3) is 0 Å². The molecule has 0 aromatic heterocycles. The number of rotatable bonds is 4. The van der Waals surface area contributed by atoms with E-state index in [0.29, 0.717) is 11.6 Å². The average Bonchev–Trinajstić information content (AvgIpc) is 2.48. The summed E-state index contributed by atoms with van der Waals surface area (Å²) in [4.78, 5) is 14.3. The van der Waals surface area contributed by atoms with Crippen LogP contribution in [0.3, 0.4) is 0 Å². The van der Waals surface area contributed by atoms with Crippen LogP contribution in [0.5, 0.6) is 0 Å².